The molecule has 0 radical (unpaired) electrons. The predicted molar refractivity (Wildman–Crippen MR) is 100.0 cm³/mol. The highest BCUT2D eigenvalue weighted by molar-refractivity contribution is 14.1. The first-order valence-corrected chi connectivity index (χ1v) is 8.13. The van der Waals surface area contributed by atoms with Gasteiger partial charge < -0.3 is 4.57 Å². The number of carbonyl (C=O) groups is 1. The molecule has 2 aromatic carbocycles. The molecule has 3 rings (SSSR count). The molecule has 0 bridgehead atoms. The number of amides is 1. The standard InChI is InChI=1S/C18H14IN3O/c19-16-6-4-5-15(11-16)18(23)21-20-12-14-9-10-22(13-14)17-7-2-1-3-8-17/h1-13H,(H,21,23)/b20-12-. The molecule has 0 aliphatic carbocycles. The molecule has 0 saturated heterocycles. The number of halogens is 1. The van der Waals surface area contributed by atoms with Gasteiger partial charge in [-0.1, -0.05) is 24.3 Å². The Hall–Kier alpha value is -2.41. The Bertz CT molecular complexity index is 840. The number of benzene rings is 2. The monoisotopic (exact) mass is 415 g/mol. The van der Waals surface area contributed by atoms with E-state index in [2.05, 4.69) is 33.1 Å². The van der Waals surface area contributed by atoms with E-state index in [-0.39, 0.29) is 5.91 Å². The van der Waals surface area contributed by atoms with Gasteiger partial charge >= 0.3 is 0 Å². The molecule has 23 heavy (non-hydrogen) atoms. The van der Waals surface area contributed by atoms with Gasteiger partial charge in [0.25, 0.3) is 5.91 Å². The lowest BCUT2D eigenvalue weighted by Crippen LogP contribution is -2.17. The molecule has 1 N–H and O–H groups in total. The van der Waals surface area contributed by atoms with Crippen molar-refractivity contribution in [3.63, 3.8) is 0 Å². The van der Waals surface area contributed by atoms with Crippen molar-refractivity contribution in [1.29, 1.82) is 0 Å². The molecule has 114 valence electrons. The maximum atomic E-state index is 12.0. The lowest BCUT2D eigenvalue weighted by atomic mass is 10.2. The Morgan fingerprint density at radius 2 is 1.91 bits per heavy atom. The van der Waals surface area contributed by atoms with E-state index >= 15 is 0 Å². The zero-order valence-electron chi connectivity index (χ0n) is 12.2. The van der Waals surface area contributed by atoms with Crippen molar-refractivity contribution >= 4 is 34.7 Å². The molecule has 5 heteroatoms. The first-order valence-electron chi connectivity index (χ1n) is 7.05. The summed E-state index contributed by atoms with van der Waals surface area (Å²) in [7, 11) is 0. The summed E-state index contributed by atoms with van der Waals surface area (Å²) < 4.78 is 3.02. The van der Waals surface area contributed by atoms with Crippen molar-refractivity contribution in [3.8, 4) is 5.69 Å². The average molecular weight is 415 g/mol. The molecule has 0 spiro atoms. The van der Waals surface area contributed by atoms with Crippen LogP contribution < -0.4 is 5.43 Å². The van der Waals surface area contributed by atoms with Crippen LogP contribution in [0.1, 0.15) is 15.9 Å². The van der Waals surface area contributed by atoms with Crippen molar-refractivity contribution in [2.75, 3.05) is 0 Å². The number of hydrogen-bond acceptors (Lipinski definition) is 2. The topological polar surface area (TPSA) is 46.4 Å². The zero-order chi connectivity index (χ0) is 16.1. The molecule has 1 aromatic heterocycles. The van der Waals surface area contributed by atoms with Crippen LogP contribution in [0.3, 0.4) is 0 Å². The molecule has 0 aliphatic rings. The second-order valence-electron chi connectivity index (χ2n) is 4.90. The molecule has 1 amide bonds. The number of para-hydroxylation sites is 1. The van der Waals surface area contributed by atoms with E-state index in [1.807, 2.05) is 71.6 Å². The molecule has 0 fully saturated rings. The second kappa shape index (κ2) is 7.23. The van der Waals surface area contributed by atoms with E-state index in [4.69, 9.17) is 0 Å². The van der Waals surface area contributed by atoms with Gasteiger partial charge in [-0.2, -0.15) is 5.10 Å². The van der Waals surface area contributed by atoms with Crippen LogP contribution in [0, 0.1) is 3.57 Å². The molecule has 0 saturated carbocycles. The van der Waals surface area contributed by atoms with Gasteiger partial charge in [-0.05, 0) is 59.0 Å². The Kier molecular flexibility index (Phi) is 4.87. The van der Waals surface area contributed by atoms with Gasteiger partial charge in [-0.15, -0.1) is 0 Å². The number of rotatable bonds is 4. The van der Waals surface area contributed by atoms with E-state index in [0.717, 1.165) is 14.8 Å². The molecule has 3 aromatic rings. The fraction of sp³-hybridized carbons (Fsp3) is 0. The van der Waals surface area contributed by atoms with Crippen molar-refractivity contribution < 1.29 is 4.79 Å². The molecule has 4 nitrogen and oxygen atoms in total. The fourth-order valence-corrected chi connectivity index (χ4v) is 2.65. The van der Waals surface area contributed by atoms with Crippen LogP contribution in [0.15, 0.2) is 78.2 Å². The third-order valence-corrected chi connectivity index (χ3v) is 3.91. The van der Waals surface area contributed by atoms with E-state index in [0.29, 0.717) is 5.56 Å². The van der Waals surface area contributed by atoms with Crippen molar-refractivity contribution in [1.82, 2.24) is 9.99 Å². The van der Waals surface area contributed by atoms with Gasteiger partial charge in [0.1, 0.15) is 0 Å². The van der Waals surface area contributed by atoms with Crippen LogP contribution in [-0.2, 0) is 0 Å². The number of aromatic nitrogens is 1. The van der Waals surface area contributed by atoms with Crippen molar-refractivity contribution in [2.45, 2.75) is 0 Å². The SMILES string of the molecule is O=C(N/N=C\c1ccn(-c2ccccc2)c1)c1cccc(I)c1. The summed E-state index contributed by atoms with van der Waals surface area (Å²) in [5.41, 5.74) is 5.13. The van der Waals surface area contributed by atoms with E-state index in [1.165, 1.54) is 0 Å². The van der Waals surface area contributed by atoms with Gasteiger partial charge in [-0.3, -0.25) is 4.79 Å². The van der Waals surface area contributed by atoms with Crippen LogP contribution in [0.4, 0.5) is 0 Å². The summed E-state index contributed by atoms with van der Waals surface area (Å²) in [6, 6.07) is 19.3. The smallest absolute Gasteiger partial charge is 0.271 e. The normalized spacial score (nSPS) is 10.8. The van der Waals surface area contributed by atoms with Crippen molar-refractivity contribution in [2.24, 2.45) is 5.10 Å². The Morgan fingerprint density at radius 1 is 1.09 bits per heavy atom. The predicted octanol–water partition coefficient (Wildman–Crippen LogP) is 3.85. The van der Waals surface area contributed by atoms with Crippen LogP contribution in [-0.4, -0.2) is 16.7 Å². The molecule has 1 heterocycles. The van der Waals surface area contributed by atoms with E-state index in [9.17, 15) is 4.79 Å². The minimum Gasteiger partial charge on any atom is -0.323 e. The first-order chi connectivity index (χ1) is 11.2. The van der Waals surface area contributed by atoms with E-state index < -0.39 is 0 Å². The minimum atomic E-state index is -0.220. The summed E-state index contributed by atoms with van der Waals surface area (Å²) >= 11 is 2.17. The summed E-state index contributed by atoms with van der Waals surface area (Å²) in [4.78, 5) is 12.0. The maximum absolute atomic E-state index is 12.0. The molecule has 0 atom stereocenters. The first kappa shape index (κ1) is 15.5. The number of hydrogen-bond donors (Lipinski definition) is 1. The fourth-order valence-electron chi connectivity index (χ4n) is 2.11. The van der Waals surface area contributed by atoms with Crippen LogP contribution in [0.25, 0.3) is 5.69 Å². The summed E-state index contributed by atoms with van der Waals surface area (Å²) in [5.74, 6) is -0.220. The number of nitrogens with zero attached hydrogens (tertiary/aromatic N) is 2. The van der Waals surface area contributed by atoms with Crippen LogP contribution in [0.5, 0.6) is 0 Å². The number of carbonyl (C=O) groups excluding carboxylic acids is 1. The summed E-state index contributed by atoms with van der Waals surface area (Å²) in [6.07, 6.45) is 5.54. The Morgan fingerprint density at radius 3 is 2.70 bits per heavy atom. The lowest BCUT2D eigenvalue weighted by molar-refractivity contribution is 0.0955. The van der Waals surface area contributed by atoms with Crippen LogP contribution in [0.2, 0.25) is 0 Å². The molecular weight excluding hydrogens is 401 g/mol. The molecular formula is C18H14IN3O. The average Bonchev–Trinajstić information content (AvgIpc) is 3.04. The highest BCUT2D eigenvalue weighted by Gasteiger charge is 2.03. The van der Waals surface area contributed by atoms with Gasteiger partial charge in [0.15, 0.2) is 0 Å². The third-order valence-electron chi connectivity index (χ3n) is 3.24. The minimum absolute atomic E-state index is 0.220. The number of hydrazone groups is 1. The highest BCUT2D eigenvalue weighted by Crippen LogP contribution is 2.09. The summed E-state index contributed by atoms with van der Waals surface area (Å²) in [6.45, 7) is 0. The second-order valence-corrected chi connectivity index (χ2v) is 6.14. The zero-order valence-corrected chi connectivity index (χ0v) is 14.3. The Labute approximate surface area is 148 Å². The number of nitrogens with one attached hydrogen (secondary N) is 1. The van der Waals surface area contributed by atoms with Crippen LogP contribution >= 0.6 is 22.6 Å². The van der Waals surface area contributed by atoms with Gasteiger partial charge in [0.05, 0.1) is 6.21 Å². The lowest BCUT2D eigenvalue weighted by Gasteiger charge is -2.00. The maximum Gasteiger partial charge on any atom is 0.271 e. The van der Waals surface area contributed by atoms with E-state index in [1.54, 1.807) is 12.3 Å². The highest BCUT2D eigenvalue weighted by atomic mass is 127. The third kappa shape index (κ3) is 4.07. The van der Waals surface area contributed by atoms with Gasteiger partial charge in [0.2, 0.25) is 0 Å². The molecule has 0 unspecified atom stereocenters. The Balaban J connectivity index is 1.65. The largest absolute Gasteiger partial charge is 0.323 e. The van der Waals surface area contributed by atoms with Gasteiger partial charge in [0, 0.05) is 32.8 Å². The summed E-state index contributed by atoms with van der Waals surface area (Å²) in [5, 5.41) is 4.01. The quantitative estimate of drug-likeness (QED) is 0.393. The molecule has 0 aliphatic heterocycles. The van der Waals surface area contributed by atoms with Gasteiger partial charge in [-0.25, -0.2) is 5.43 Å². The van der Waals surface area contributed by atoms with Crippen molar-refractivity contribution in [3.05, 3.63) is 87.8 Å².